The van der Waals surface area contributed by atoms with E-state index in [1.807, 2.05) is 0 Å². The van der Waals surface area contributed by atoms with Gasteiger partial charge in [0.1, 0.15) is 11.2 Å². The van der Waals surface area contributed by atoms with E-state index in [1.165, 1.54) is 0 Å². The highest BCUT2D eigenvalue weighted by molar-refractivity contribution is 5.96. The summed E-state index contributed by atoms with van der Waals surface area (Å²) >= 11 is 0. The molecule has 1 fully saturated rings. The molecule has 140 valence electrons. The van der Waals surface area contributed by atoms with E-state index in [0.29, 0.717) is 39.9 Å². The number of nitrogens with one attached hydrogen (secondary N) is 1. The summed E-state index contributed by atoms with van der Waals surface area (Å²) in [5.41, 5.74) is 7.68. The van der Waals surface area contributed by atoms with E-state index >= 15 is 0 Å². The average molecular weight is 366 g/mol. The molecule has 27 heavy (non-hydrogen) atoms. The molecule has 3 aromatic rings. The van der Waals surface area contributed by atoms with Crippen LogP contribution in [0.3, 0.4) is 0 Å². The number of amides is 1. The number of likely N-dealkylation sites (N-methyl/N-ethyl adjacent to an activating group) is 1. The SMILES string of the molecule is CN1CCN(CC(=O)Nc2ccc3c(=O)c4cc(N)ccc4oc3c2)CC1. The minimum Gasteiger partial charge on any atom is -0.456 e. The Morgan fingerprint density at radius 1 is 1.07 bits per heavy atom. The number of carbonyl (C=O) groups is 1. The van der Waals surface area contributed by atoms with Gasteiger partial charge >= 0.3 is 0 Å². The third-order valence-electron chi connectivity index (χ3n) is 4.94. The standard InChI is InChI=1S/C20H22N4O3/c1-23-6-8-24(9-7-23)12-19(25)22-14-3-4-15-18(11-14)27-17-5-2-13(21)10-16(17)20(15)26/h2-5,10-11H,6-9,12,21H2,1H3,(H,22,25). The Hall–Kier alpha value is -2.90. The number of nitrogens with two attached hydrogens (primary N) is 1. The molecule has 1 aliphatic heterocycles. The van der Waals surface area contributed by atoms with Gasteiger partial charge in [-0.15, -0.1) is 0 Å². The summed E-state index contributed by atoms with van der Waals surface area (Å²) in [4.78, 5) is 29.4. The van der Waals surface area contributed by atoms with Crippen molar-refractivity contribution in [1.29, 1.82) is 0 Å². The molecule has 0 saturated carbocycles. The van der Waals surface area contributed by atoms with E-state index in [4.69, 9.17) is 10.2 Å². The highest BCUT2D eigenvalue weighted by Gasteiger charge is 2.17. The van der Waals surface area contributed by atoms with Crippen LogP contribution in [0.5, 0.6) is 0 Å². The van der Waals surface area contributed by atoms with Crippen molar-refractivity contribution in [3.05, 3.63) is 46.6 Å². The number of nitrogen functional groups attached to an aromatic ring is 1. The summed E-state index contributed by atoms with van der Waals surface area (Å²) in [5.74, 6) is -0.0742. The first-order valence-corrected chi connectivity index (χ1v) is 8.96. The van der Waals surface area contributed by atoms with Crippen LogP contribution in [0.4, 0.5) is 11.4 Å². The van der Waals surface area contributed by atoms with Crippen LogP contribution in [0.1, 0.15) is 0 Å². The second kappa shape index (κ2) is 7.02. The molecule has 1 amide bonds. The lowest BCUT2D eigenvalue weighted by molar-refractivity contribution is -0.117. The number of fused-ring (bicyclic) bond motifs is 2. The third kappa shape index (κ3) is 3.65. The molecule has 1 aliphatic rings. The quantitative estimate of drug-likeness (QED) is 0.542. The van der Waals surface area contributed by atoms with Crippen LogP contribution < -0.4 is 16.5 Å². The van der Waals surface area contributed by atoms with Gasteiger partial charge in [-0.3, -0.25) is 14.5 Å². The molecule has 3 N–H and O–H groups in total. The largest absolute Gasteiger partial charge is 0.456 e. The molecule has 2 heterocycles. The number of piperazine rings is 1. The van der Waals surface area contributed by atoms with E-state index in [2.05, 4.69) is 22.2 Å². The topological polar surface area (TPSA) is 91.8 Å². The summed E-state index contributed by atoms with van der Waals surface area (Å²) in [6, 6.07) is 10.1. The minimum absolute atomic E-state index is 0.0742. The number of anilines is 2. The van der Waals surface area contributed by atoms with Crippen molar-refractivity contribution >= 4 is 39.2 Å². The van der Waals surface area contributed by atoms with Gasteiger partial charge in [0.05, 0.1) is 17.3 Å². The minimum atomic E-state index is -0.131. The Bertz CT molecular complexity index is 1070. The zero-order valence-corrected chi connectivity index (χ0v) is 15.2. The Kier molecular flexibility index (Phi) is 4.55. The Balaban J connectivity index is 1.56. The van der Waals surface area contributed by atoms with Gasteiger partial charge in [0, 0.05) is 43.6 Å². The maximum absolute atomic E-state index is 12.6. The number of benzene rings is 2. The van der Waals surface area contributed by atoms with E-state index in [0.717, 1.165) is 26.2 Å². The maximum Gasteiger partial charge on any atom is 0.238 e. The monoisotopic (exact) mass is 366 g/mol. The van der Waals surface area contributed by atoms with Crippen LogP contribution in [0, 0.1) is 0 Å². The summed E-state index contributed by atoms with van der Waals surface area (Å²) in [7, 11) is 2.08. The summed E-state index contributed by atoms with van der Waals surface area (Å²) in [5, 5.41) is 3.81. The fourth-order valence-electron chi connectivity index (χ4n) is 3.36. The van der Waals surface area contributed by atoms with Gasteiger partial charge in [-0.05, 0) is 37.4 Å². The number of carbonyl (C=O) groups excluding carboxylic acids is 1. The van der Waals surface area contributed by atoms with Gasteiger partial charge in [0.15, 0.2) is 0 Å². The molecule has 1 aromatic heterocycles. The Labute approximate surface area is 156 Å². The fraction of sp³-hybridized carbons (Fsp3) is 0.300. The molecule has 1 saturated heterocycles. The predicted octanol–water partition coefficient (Wildman–Crippen LogP) is 1.71. The van der Waals surface area contributed by atoms with Gasteiger partial charge in [0.2, 0.25) is 11.3 Å². The number of hydrogen-bond donors (Lipinski definition) is 2. The van der Waals surface area contributed by atoms with E-state index in [1.54, 1.807) is 36.4 Å². The molecule has 2 aromatic carbocycles. The second-order valence-electron chi connectivity index (χ2n) is 7.03. The van der Waals surface area contributed by atoms with Crippen LogP contribution in [-0.4, -0.2) is 55.5 Å². The van der Waals surface area contributed by atoms with Crippen LogP contribution in [0.15, 0.2) is 45.6 Å². The summed E-state index contributed by atoms with van der Waals surface area (Å²) in [6.45, 7) is 4.04. The molecule has 7 heteroatoms. The third-order valence-corrected chi connectivity index (χ3v) is 4.94. The van der Waals surface area contributed by atoms with E-state index in [-0.39, 0.29) is 11.3 Å². The zero-order chi connectivity index (χ0) is 19.0. The molecular weight excluding hydrogens is 344 g/mol. The summed E-state index contributed by atoms with van der Waals surface area (Å²) < 4.78 is 5.84. The zero-order valence-electron chi connectivity index (χ0n) is 15.2. The van der Waals surface area contributed by atoms with Gasteiger partial charge < -0.3 is 20.4 Å². The van der Waals surface area contributed by atoms with Crippen molar-refractivity contribution in [2.24, 2.45) is 0 Å². The van der Waals surface area contributed by atoms with Crippen molar-refractivity contribution in [3.63, 3.8) is 0 Å². The van der Waals surface area contributed by atoms with Crippen molar-refractivity contribution in [3.8, 4) is 0 Å². The number of rotatable bonds is 3. The average Bonchev–Trinajstić information content (AvgIpc) is 2.64. The molecule has 0 spiro atoms. The van der Waals surface area contributed by atoms with Crippen LogP contribution in [0.25, 0.3) is 21.9 Å². The first-order valence-electron chi connectivity index (χ1n) is 8.96. The van der Waals surface area contributed by atoms with Gasteiger partial charge in [-0.2, -0.15) is 0 Å². The van der Waals surface area contributed by atoms with Crippen molar-refractivity contribution < 1.29 is 9.21 Å². The summed E-state index contributed by atoms with van der Waals surface area (Å²) in [6.07, 6.45) is 0. The highest BCUT2D eigenvalue weighted by Crippen LogP contribution is 2.23. The normalized spacial score (nSPS) is 16.0. The number of hydrogen-bond acceptors (Lipinski definition) is 6. The van der Waals surface area contributed by atoms with Crippen LogP contribution in [0.2, 0.25) is 0 Å². The smallest absolute Gasteiger partial charge is 0.238 e. The van der Waals surface area contributed by atoms with Gasteiger partial charge in [-0.1, -0.05) is 0 Å². The maximum atomic E-state index is 12.6. The molecule has 0 atom stereocenters. The van der Waals surface area contributed by atoms with E-state index in [9.17, 15) is 9.59 Å². The molecule has 0 aliphatic carbocycles. The van der Waals surface area contributed by atoms with E-state index < -0.39 is 0 Å². The first-order chi connectivity index (χ1) is 13.0. The van der Waals surface area contributed by atoms with Gasteiger partial charge in [-0.25, -0.2) is 0 Å². The first kappa shape index (κ1) is 17.5. The molecule has 4 rings (SSSR count). The predicted molar refractivity (Wildman–Crippen MR) is 107 cm³/mol. The highest BCUT2D eigenvalue weighted by atomic mass is 16.3. The molecule has 0 radical (unpaired) electrons. The Morgan fingerprint density at radius 2 is 1.85 bits per heavy atom. The van der Waals surface area contributed by atoms with Gasteiger partial charge in [0.25, 0.3) is 0 Å². The van der Waals surface area contributed by atoms with Crippen LogP contribution in [-0.2, 0) is 4.79 Å². The molecule has 0 bridgehead atoms. The van der Waals surface area contributed by atoms with Crippen LogP contribution >= 0.6 is 0 Å². The molecular formula is C20H22N4O3. The lowest BCUT2D eigenvalue weighted by Gasteiger charge is -2.31. The van der Waals surface area contributed by atoms with Crippen molar-refractivity contribution in [2.75, 3.05) is 50.8 Å². The Morgan fingerprint density at radius 3 is 2.63 bits per heavy atom. The fourth-order valence-corrected chi connectivity index (χ4v) is 3.36. The van der Waals surface area contributed by atoms with Crippen molar-refractivity contribution in [1.82, 2.24) is 9.80 Å². The molecule has 0 unspecified atom stereocenters. The second-order valence-corrected chi connectivity index (χ2v) is 7.03. The molecule has 7 nitrogen and oxygen atoms in total. The number of nitrogens with zero attached hydrogens (tertiary/aromatic N) is 2. The lowest BCUT2D eigenvalue weighted by atomic mass is 10.1. The lowest BCUT2D eigenvalue weighted by Crippen LogP contribution is -2.47. The van der Waals surface area contributed by atoms with Crippen molar-refractivity contribution in [2.45, 2.75) is 0 Å².